The van der Waals surface area contributed by atoms with Crippen LogP contribution >= 0.6 is 0 Å². The van der Waals surface area contributed by atoms with Crippen molar-refractivity contribution in [1.29, 1.82) is 0 Å². The Hall–Kier alpha value is -3.52. The first-order chi connectivity index (χ1) is 17.8. The van der Waals surface area contributed by atoms with Crippen molar-refractivity contribution in [3.63, 3.8) is 0 Å². The standard InChI is InChI=1S/C30H24O5S2/c31-29-27(23-16-15-22-19-21-9-7-8-14-26(21)28(22)20-23)17-18-30(29,36(32,33)24-10-3-1-4-11-24)37(34,35)25-12-5-2-6-13-25/h1-17,20,29,31H,18-19H2. The molecule has 0 saturated heterocycles. The van der Waals surface area contributed by atoms with Gasteiger partial charge in [-0.15, -0.1) is 0 Å². The van der Waals surface area contributed by atoms with E-state index in [-0.39, 0.29) is 16.2 Å². The summed E-state index contributed by atoms with van der Waals surface area (Å²) < 4.78 is 54.1. The molecule has 0 amide bonds. The number of sulfone groups is 2. The van der Waals surface area contributed by atoms with Gasteiger partial charge in [0.2, 0.25) is 23.8 Å². The molecule has 5 nitrogen and oxygen atoms in total. The topological polar surface area (TPSA) is 88.5 Å². The highest BCUT2D eigenvalue weighted by molar-refractivity contribution is 8.10. The number of hydrogen-bond acceptors (Lipinski definition) is 5. The first kappa shape index (κ1) is 23.9. The molecule has 186 valence electrons. The second kappa shape index (κ2) is 8.52. The van der Waals surface area contributed by atoms with Gasteiger partial charge in [0.1, 0.15) is 6.10 Å². The van der Waals surface area contributed by atoms with Crippen molar-refractivity contribution in [1.82, 2.24) is 0 Å². The van der Waals surface area contributed by atoms with Crippen LogP contribution in [0.3, 0.4) is 0 Å². The Bertz CT molecular complexity index is 1690. The average molecular weight is 529 g/mol. The molecule has 6 rings (SSSR count). The zero-order chi connectivity index (χ0) is 25.8. The van der Waals surface area contributed by atoms with Gasteiger partial charge in [-0.3, -0.25) is 0 Å². The van der Waals surface area contributed by atoms with E-state index in [1.807, 2.05) is 36.4 Å². The second-order valence-electron chi connectivity index (χ2n) is 9.42. The summed E-state index contributed by atoms with van der Waals surface area (Å²) in [4.78, 5) is -0.294. The van der Waals surface area contributed by atoms with Crippen LogP contribution in [0.15, 0.2) is 119 Å². The van der Waals surface area contributed by atoms with E-state index in [4.69, 9.17) is 0 Å². The van der Waals surface area contributed by atoms with Gasteiger partial charge in [-0.1, -0.05) is 78.9 Å². The molecular weight excluding hydrogens is 504 g/mol. The van der Waals surface area contributed by atoms with Crippen molar-refractivity contribution in [3.05, 3.63) is 126 Å². The minimum Gasteiger partial charge on any atom is -0.386 e. The predicted molar refractivity (Wildman–Crippen MR) is 143 cm³/mol. The maximum atomic E-state index is 14.1. The average Bonchev–Trinajstić information content (AvgIpc) is 3.48. The first-order valence-corrected chi connectivity index (χ1v) is 14.9. The van der Waals surface area contributed by atoms with Crippen molar-refractivity contribution in [2.75, 3.05) is 0 Å². The van der Waals surface area contributed by atoms with Gasteiger partial charge in [-0.05, 0) is 70.1 Å². The summed E-state index contributed by atoms with van der Waals surface area (Å²) in [7, 11) is -9.09. The quantitative estimate of drug-likeness (QED) is 0.345. The molecule has 0 bridgehead atoms. The van der Waals surface area contributed by atoms with E-state index in [1.165, 1.54) is 29.8 Å². The van der Waals surface area contributed by atoms with Gasteiger partial charge >= 0.3 is 0 Å². The lowest BCUT2D eigenvalue weighted by Gasteiger charge is -2.33. The van der Waals surface area contributed by atoms with Crippen LogP contribution in [-0.2, 0) is 26.1 Å². The van der Waals surface area contributed by atoms with E-state index >= 15 is 0 Å². The van der Waals surface area contributed by atoms with Gasteiger partial charge in [-0.25, -0.2) is 16.8 Å². The molecule has 0 heterocycles. The first-order valence-electron chi connectivity index (χ1n) is 12.0. The number of benzene rings is 4. The van der Waals surface area contributed by atoms with E-state index in [0.29, 0.717) is 11.1 Å². The minimum absolute atomic E-state index is 0.147. The van der Waals surface area contributed by atoms with Crippen LogP contribution in [0.1, 0.15) is 23.1 Å². The predicted octanol–water partition coefficient (Wildman–Crippen LogP) is 5.05. The highest BCUT2D eigenvalue weighted by atomic mass is 32.3. The fourth-order valence-corrected chi connectivity index (χ4v) is 10.6. The van der Waals surface area contributed by atoms with E-state index in [9.17, 15) is 21.9 Å². The normalized spacial score (nSPS) is 18.2. The third-order valence-corrected chi connectivity index (χ3v) is 13.2. The van der Waals surface area contributed by atoms with Crippen LogP contribution in [0.5, 0.6) is 0 Å². The molecule has 0 fully saturated rings. The van der Waals surface area contributed by atoms with Crippen molar-refractivity contribution in [2.24, 2.45) is 0 Å². The lowest BCUT2D eigenvalue weighted by atomic mass is 9.97. The smallest absolute Gasteiger partial charge is 0.215 e. The summed E-state index contributed by atoms with van der Waals surface area (Å²) in [5.74, 6) is 0. The van der Waals surface area contributed by atoms with Crippen LogP contribution < -0.4 is 0 Å². The summed E-state index contributed by atoms with van der Waals surface area (Å²) in [5, 5.41) is 11.8. The molecule has 1 N–H and O–H groups in total. The number of allylic oxidation sites excluding steroid dienone is 1. The Balaban J connectivity index is 1.52. The van der Waals surface area contributed by atoms with Crippen molar-refractivity contribution < 1.29 is 21.9 Å². The lowest BCUT2D eigenvalue weighted by molar-refractivity contribution is 0.217. The van der Waals surface area contributed by atoms with Crippen molar-refractivity contribution >= 4 is 25.2 Å². The molecule has 0 aliphatic heterocycles. The highest BCUT2D eigenvalue weighted by Gasteiger charge is 2.63. The number of fused-ring (bicyclic) bond motifs is 3. The van der Waals surface area contributed by atoms with Crippen LogP contribution in [0.25, 0.3) is 16.7 Å². The van der Waals surface area contributed by atoms with Crippen LogP contribution in [-0.4, -0.2) is 32.1 Å². The van der Waals surface area contributed by atoms with Gasteiger partial charge in [0.25, 0.3) is 0 Å². The Kier molecular flexibility index (Phi) is 5.49. The number of rotatable bonds is 5. The third kappa shape index (κ3) is 3.38. The number of hydrogen-bond donors (Lipinski definition) is 1. The van der Waals surface area contributed by atoms with E-state index < -0.39 is 29.9 Å². The maximum Gasteiger partial charge on any atom is 0.215 e. The van der Waals surface area contributed by atoms with Gasteiger partial charge in [-0.2, -0.15) is 0 Å². The van der Waals surface area contributed by atoms with Crippen molar-refractivity contribution in [3.8, 4) is 11.1 Å². The molecule has 0 aromatic heterocycles. The second-order valence-corrected chi connectivity index (χ2v) is 14.1. The summed E-state index contributed by atoms with van der Waals surface area (Å²) in [6.45, 7) is 0. The molecular formula is C30H24O5S2. The summed E-state index contributed by atoms with van der Waals surface area (Å²) in [6.07, 6.45) is 0.194. The highest BCUT2D eigenvalue weighted by Crippen LogP contribution is 2.50. The molecule has 0 radical (unpaired) electrons. The Morgan fingerprint density at radius 2 is 1.19 bits per heavy atom. The molecule has 0 spiro atoms. The van der Waals surface area contributed by atoms with E-state index in [1.54, 1.807) is 42.5 Å². The van der Waals surface area contributed by atoms with Crippen LogP contribution in [0, 0.1) is 0 Å². The largest absolute Gasteiger partial charge is 0.386 e. The molecule has 7 heteroatoms. The fraction of sp³-hybridized carbons (Fsp3) is 0.133. The minimum atomic E-state index is -4.55. The van der Waals surface area contributed by atoms with Crippen molar-refractivity contribution in [2.45, 2.75) is 32.8 Å². The molecule has 4 aromatic rings. The van der Waals surface area contributed by atoms with Gasteiger partial charge < -0.3 is 5.11 Å². The summed E-state index contributed by atoms with van der Waals surface area (Å²) in [6, 6.07) is 28.8. The van der Waals surface area contributed by atoms with Gasteiger partial charge in [0.05, 0.1) is 9.79 Å². The molecule has 2 aliphatic carbocycles. The van der Waals surface area contributed by atoms with Gasteiger partial charge in [0.15, 0.2) is 0 Å². The SMILES string of the molecule is O=S(=O)(c1ccccc1)C1(S(=O)(=O)c2ccccc2)CC=C(c2ccc3c(c2)-c2ccccc2C3)C1O. The zero-order valence-electron chi connectivity index (χ0n) is 19.8. The summed E-state index contributed by atoms with van der Waals surface area (Å²) in [5.41, 5.74) is 5.34. The fourth-order valence-electron chi connectivity index (χ4n) is 5.55. The summed E-state index contributed by atoms with van der Waals surface area (Å²) >= 11 is 0. The van der Waals surface area contributed by atoms with E-state index in [2.05, 4.69) is 6.07 Å². The zero-order valence-corrected chi connectivity index (χ0v) is 21.4. The molecule has 1 atom stereocenters. The lowest BCUT2D eigenvalue weighted by Crippen LogP contribution is -2.53. The molecule has 37 heavy (non-hydrogen) atoms. The number of aliphatic hydroxyl groups excluding tert-OH is 1. The Labute approximate surface area is 216 Å². The van der Waals surface area contributed by atoms with Crippen LogP contribution in [0.2, 0.25) is 0 Å². The molecule has 2 aliphatic rings. The molecule has 1 unspecified atom stereocenters. The van der Waals surface area contributed by atoms with Gasteiger partial charge in [0, 0.05) is 6.42 Å². The Morgan fingerprint density at radius 1 is 0.649 bits per heavy atom. The molecule has 4 aromatic carbocycles. The third-order valence-electron chi connectivity index (χ3n) is 7.47. The Morgan fingerprint density at radius 3 is 1.81 bits per heavy atom. The monoisotopic (exact) mass is 528 g/mol. The van der Waals surface area contributed by atoms with Crippen LogP contribution in [0.4, 0.5) is 0 Å². The molecule has 0 saturated carbocycles. The number of aliphatic hydroxyl groups is 1. The maximum absolute atomic E-state index is 14.1. The van der Waals surface area contributed by atoms with E-state index in [0.717, 1.165) is 23.1 Å².